The molecule has 0 spiro atoms. The zero-order valence-corrected chi connectivity index (χ0v) is 49.7. The number of unbranched alkanes of at least 4 members (excludes halogenated alkanes) is 2. The fourth-order valence-electron chi connectivity index (χ4n) is 10.9. The second-order valence-corrected chi connectivity index (χ2v) is 23.3. The van der Waals surface area contributed by atoms with E-state index in [4.69, 9.17) is 34.0 Å². The van der Waals surface area contributed by atoms with Gasteiger partial charge in [0.05, 0.1) is 43.9 Å². The normalized spacial score (nSPS) is 18.0. The summed E-state index contributed by atoms with van der Waals surface area (Å²) in [4.78, 5) is 99.8. The number of anilines is 2. The van der Waals surface area contributed by atoms with Gasteiger partial charge in [-0.2, -0.15) is 8.42 Å². The lowest BCUT2D eigenvalue weighted by molar-refractivity contribution is -0.151. The first-order valence-corrected chi connectivity index (χ1v) is 30.8. The molecule has 2 aromatic heterocycles. The topological polar surface area (TPSA) is 346 Å². The summed E-state index contributed by atoms with van der Waals surface area (Å²) in [5.41, 5.74) is 10.2. The number of ketones is 1. The lowest BCUT2D eigenvalue weighted by Crippen LogP contribution is -2.45. The van der Waals surface area contributed by atoms with Gasteiger partial charge in [0.1, 0.15) is 30.5 Å². The summed E-state index contributed by atoms with van der Waals surface area (Å²) in [6, 6.07) is 15.4. The molecular weight excluding hydrogens is 1130 g/mol. The molecule has 0 bridgehead atoms. The van der Waals surface area contributed by atoms with E-state index >= 15 is 0 Å². The number of urea groups is 1. The van der Waals surface area contributed by atoms with Crippen LogP contribution < -0.4 is 37.5 Å². The standard InChI is InChI=1S/C60H81N11O14S/c1-39(2)55(69-52(73)14-5-4-8-27-70-40(3)16-23-53(70)74)50(72)34-43(12-9-25-63-59(61)77)58(76)67-45-20-17-41(18-21-45)36-83-60(78)64-26-30-82-32-31-81-29-10-15-54(75)85-51-35-46(33-44(51)37-84-86(62,79)80)71-28-24-48-56(65-38-66-57(48)71)68-49-22-19-42-11-6-7-13-47(42)49/h6-7,11,13,16-18,20-21,23-24,28,38-39,43-44,46,49,51,55H,3-5,8-10,12,14-15,19,22,25-27,29-37H2,1-2H3,(H,64,78)(H,67,76)(H,69,73)(H3,61,63,77)(H2,62,79,80)(H,65,66,68)/t43-,44-,46+,49-,51-,55+/m0/s1. The third-order valence-electron chi connectivity index (χ3n) is 15.3. The molecule has 3 heterocycles. The van der Waals surface area contributed by atoms with Crippen LogP contribution in [0.1, 0.15) is 120 Å². The summed E-state index contributed by atoms with van der Waals surface area (Å²) in [5.74, 6) is -2.36. The number of hydrogen-bond acceptors (Lipinski definition) is 17. The van der Waals surface area contributed by atoms with Crippen LogP contribution in [-0.4, -0.2) is 134 Å². The largest absolute Gasteiger partial charge is 0.462 e. The summed E-state index contributed by atoms with van der Waals surface area (Å²) in [6.07, 6.45) is 11.1. The first kappa shape index (κ1) is 65.8. The number of carbonyl (C=O) groups is 7. The van der Waals surface area contributed by atoms with E-state index in [1.807, 2.05) is 42.8 Å². The molecule has 0 saturated heterocycles. The van der Waals surface area contributed by atoms with Crippen LogP contribution in [-0.2, 0) is 70.4 Å². The van der Waals surface area contributed by atoms with Crippen LogP contribution >= 0.6 is 0 Å². The van der Waals surface area contributed by atoms with Crippen LogP contribution in [0.4, 0.5) is 21.1 Å². The molecular formula is C60H81N11O14S. The predicted octanol–water partition coefficient (Wildman–Crippen LogP) is 5.93. The Hall–Kier alpha value is -7.78. The Labute approximate surface area is 501 Å². The van der Waals surface area contributed by atoms with Gasteiger partial charge in [0.2, 0.25) is 11.8 Å². The minimum atomic E-state index is -4.24. The van der Waals surface area contributed by atoms with Crippen molar-refractivity contribution in [2.75, 3.05) is 63.3 Å². The minimum absolute atomic E-state index is 0.0618. The fraction of sp³-hybridized carbons (Fsp3) is 0.517. The number of carbonyl (C=O) groups excluding carboxylic acids is 7. The van der Waals surface area contributed by atoms with Crippen molar-refractivity contribution < 1.29 is 65.1 Å². The lowest BCUT2D eigenvalue weighted by atomic mass is 9.89. The number of benzene rings is 2. The Bertz CT molecular complexity index is 3120. The molecule has 4 aromatic rings. The highest BCUT2D eigenvalue weighted by Crippen LogP contribution is 2.41. The van der Waals surface area contributed by atoms with E-state index < -0.39 is 58.3 Å². The molecule has 6 amide bonds. The van der Waals surface area contributed by atoms with Crippen LogP contribution in [0.25, 0.3) is 11.0 Å². The van der Waals surface area contributed by atoms with Crippen molar-refractivity contribution >= 4 is 74.4 Å². The number of primary amides is 1. The first-order valence-electron chi connectivity index (χ1n) is 29.3. The molecule has 466 valence electrons. The van der Waals surface area contributed by atoms with Crippen molar-refractivity contribution in [1.29, 1.82) is 0 Å². The van der Waals surface area contributed by atoms with Gasteiger partial charge in [0.15, 0.2) is 5.78 Å². The Morgan fingerprint density at radius 1 is 0.860 bits per heavy atom. The van der Waals surface area contributed by atoms with Crippen molar-refractivity contribution in [2.24, 2.45) is 28.6 Å². The first-order chi connectivity index (χ1) is 41.3. The highest BCUT2D eigenvalue weighted by atomic mass is 32.2. The molecule has 2 aromatic carbocycles. The number of ether oxygens (including phenoxy) is 4. The number of nitrogens with two attached hydrogens (primary N) is 2. The van der Waals surface area contributed by atoms with Gasteiger partial charge in [-0.15, -0.1) is 0 Å². The monoisotopic (exact) mass is 1210 g/mol. The van der Waals surface area contributed by atoms with Gasteiger partial charge in [-0.1, -0.05) is 63.2 Å². The molecule has 6 atom stereocenters. The summed E-state index contributed by atoms with van der Waals surface area (Å²) in [7, 11) is -4.24. The van der Waals surface area contributed by atoms with Gasteiger partial charge in [-0.05, 0) is 98.2 Å². The Morgan fingerprint density at radius 3 is 2.38 bits per heavy atom. The van der Waals surface area contributed by atoms with Gasteiger partial charge in [0, 0.05) is 93.5 Å². The van der Waals surface area contributed by atoms with Crippen LogP contribution in [0.5, 0.6) is 0 Å². The Morgan fingerprint density at radius 2 is 1.64 bits per heavy atom. The minimum Gasteiger partial charge on any atom is -0.462 e. The maximum atomic E-state index is 13.7. The van der Waals surface area contributed by atoms with Crippen LogP contribution in [0.2, 0.25) is 0 Å². The van der Waals surface area contributed by atoms with Crippen LogP contribution in [0.3, 0.4) is 0 Å². The van der Waals surface area contributed by atoms with Gasteiger partial charge in [-0.3, -0.25) is 28.2 Å². The number of esters is 1. The maximum absolute atomic E-state index is 13.7. The SMILES string of the molecule is C=C1C=CC(=O)N1CCCCCC(=O)N[C@@H](C(=O)C[C@H](CCCNC(N)=O)C(=O)Nc1ccc(COC(=O)NCCOCCOCCCC(=O)O[C@H]2C[C@H](n3ccc4c(N[C@H]5CCc6ccccc65)ncnc43)C[C@H]2COS(N)(=O)=O)cc1)C(C)C. The van der Waals surface area contributed by atoms with Crippen molar-refractivity contribution in [3.05, 3.63) is 108 Å². The number of alkyl carbamates (subject to hydrolysis) is 1. The molecule has 1 fully saturated rings. The number of aromatic nitrogens is 3. The number of fused-ring (bicyclic) bond motifs is 2. The van der Waals surface area contributed by atoms with Crippen LogP contribution in [0, 0.1) is 17.8 Å². The van der Waals surface area contributed by atoms with E-state index in [0.717, 1.165) is 18.2 Å². The molecule has 2 aliphatic carbocycles. The highest BCUT2D eigenvalue weighted by Gasteiger charge is 2.39. The van der Waals surface area contributed by atoms with Crippen molar-refractivity contribution in [2.45, 2.75) is 128 Å². The van der Waals surface area contributed by atoms with E-state index in [9.17, 15) is 42.0 Å². The number of nitrogens with zero attached hydrogens (tertiary/aromatic N) is 4. The smallest absolute Gasteiger partial charge is 0.407 e. The summed E-state index contributed by atoms with van der Waals surface area (Å²) >= 11 is 0. The van der Waals surface area contributed by atoms with E-state index in [-0.39, 0.29) is 114 Å². The molecule has 25 nitrogen and oxygen atoms in total. The van der Waals surface area contributed by atoms with Crippen molar-refractivity contribution in [3.63, 3.8) is 0 Å². The average molecular weight is 1210 g/mol. The molecule has 7 rings (SSSR count). The summed E-state index contributed by atoms with van der Waals surface area (Å²) in [5, 5.41) is 20.4. The molecule has 26 heteroatoms. The molecule has 0 unspecified atom stereocenters. The number of hydrogen-bond donors (Lipinski definition) is 7. The van der Waals surface area contributed by atoms with Gasteiger partial charge >= 0.3 is 28.4 Å². The fourth-order valence-corrected chi connectivity index (χ4v) is 11.2. The Balaban J connectivity index is 0.755. The quantitative estimate of drug-likeness (QED) is 0.0205. The summed E-state index contributed by atoms with van der Waals surface area (Å²) in [6.45, 7) is 8.95. The molecule has 86 heavy (non-hydrogen) atoms. The third-order valence-corrected chi connectivity index (χ3v) is 15.8. The zero-order chi connectivity index (χ0) is 61.6. The number of aryl methyl sites for hydroxylation is 1. The number of nitrogens with one attached hydrogen (secondary N) is 5. The van der Waals surface area contributed by atoms with Crippen LogP contribution in [0.15, 0.2) is 91.5 Å². The summed E-state index contributed by atoms with van der Waals surface area (Å²) < 4.78 is 53.0. The van der Waals surface area contributed by atoms with Gasteiger partial charge < -0.3 is 60.7 Å². The van der Waals surface area contributed by atoms with E-state index in [1.54, 1.807) is 35.2 Å². The van der Waals surface area contributed by atoms with E-state index in [0.29, 0.717) is 79.9 Å². The molecule has 1 aliphatic heterocycles. The Kier molecular flexibility index (Phi) is 25.0. The second-order valence-electron chi connectivity index (χ2n) is 22.0. The molecule has 9 N–H and O–H groups in total. The van der Waals surface area contributed by atoms with E-state index in [1.165, 1.54) is 23.5 Å². The van der Waals surface area contributed by atoms with Gasteiger partial charge in [0.25, 0.3) is 5.91 Å². The average Bonchev–Trinajstić information content (AvgIpc) is 1.97. The van der Waals surface area contributed by atoms with Crippen molar-refractivity contribution in [3.8, 4) is 0 Å². The second kappa shape index (κ2) is 32.6. The number of allylic oxidation sites excluding steroid dienone is 1. The van der Waals surface area contributed by atoms with E-state index in [2.05, 4.69) is 55.3 Å². The number of Topliss-reactive ketones (excluding diaryl/α,β-unsaturated/α-hetero) is 1. The molecule has 0 radical (unpaired) electrons. The molecule has 3 aliphatic rings. The zero-order valence-electron chi connectivity index (χ0n) is 48.9. The maximum Gasteiger partial charge on any atom is 0.407 e. The van der Waals surface area contributed by atoms with Gasteiger partial charge in [-0.25, -0.2) is 24.7 Å². The van der Waals surface area contributed by atoms with Crippen molar-refractivity contribution in [1.82, 2.24) is 35.4 Å². The highest BCUT2D eigenvalue weighted by molar-refractivity contribution is 7.84. The predicted molar refractivity (Wildman–Crippen MR) is 319 cm³/mol. The number of rotatable bonds is 36. The third kappa shape index (κ3) is 20.4. The molecule has 1 saturated carbocycles. The lowest BCUT2D eigenvalue weighted by Gasteiger charge is -2.24. The number of amides is 6.